The van der Waals surface area contributed by atoms with E-state index < -0.39 is 0 Å². The van der Waals surface area contributed by atoms with E-state index in [1.165, 1.54) is 6.07 Å². The summed E-state index contributed by atoms with van der Waals surface area (Å²) >= 11 is 0. The van der Waals surface area contributed by atoms with Crippen LogP contribution in [0.4, 0.5) is 4.39 Å². The predicted molar refractivity (Wildman–Crippen MR) is 77.4 cm³/mol. The molecule has 0 aromatic heterocycles. The van der Waals surface area contributed by atoms with Crippen molar-refractivity contribution in [3.8, 4) is 11.8 Å². The van der Waals surface area contributed by atoms with E-state index in [1.54, 1.807) is 12.1 Å². The molecule has 0 saturated heterocycles. The summed E-state index contributed by atoms with van der Waals surface area (Å²) in [5.74, 6) is 4.95. The molecule has 1 aromatic rings. The Labute approximate surface area is 119 Å². The quantitative estimate of drug-likeness (QED) is 0.779. The topological polar surface area (TPSA) is 58.4 Å². The van der Waals surface area contributed by atoms with Crippen LogP contribution < -0.4 is 11.1 Å². The van der Waals surface area contributed by atoms with Gasteiger partial charge in [-0.1, -0.05) is 17.9 Å². The Kier molecular flexibility index (Phi) is 6.71. The first-order chi connectivity index (χ1) is 9.56. The summed E-state index contributed by atoms with van der Waals surface area (Å²) in [5, 5.41) is 2.73. The van der Waals surface area contributed by atoms with Gasteiger partial charge in [0.1, 0.15) is 5.82 Å². The maximum Gasteiger partial charge on any atom is 0.234 e. The first-order valence-corrected chi connectivity index (χ1v) is 6.49. The SMILES string of the molecule is CCNC(=O)CN(C)Cc1ccc(F)c(C#CCN)c1. The van der Waals surface area contributed by atoms with Crippen molar-refractivity contribution in [3.05, 3.63) is 35.1 Å². The monoisotopic (exact) mass is 277 g/mol. The summed E-state index contributed by atoms with van der Waals surface area (Å²) in [6, 6.07) is 4.76. The Morgan fingerprint density at radius 1 is 1.50 bits per heavy atom. The number of carbonyl (C=O) groups is 1. The van der Waals surface area contributed by atoms with Gasteiger partial charge in [0.2, 0.25) is 5.91 Å². The van der Waals surface area contributed by atoms with E-state index in [-0.39, 0.29) is 18.3 Å². The maximum atomic E-state index is 13.5. The number of carbonyl (C=O) groups excluding carboxylic acids is 1. The summed E-state index contributed by atoms with van der Waals surface area (Å²) in [4.78, 5) is 13.3. The second-order valence-electron chi connectivity index (χ2n) is 4.45. The lowest BCUT2D eigenvalue weighted by Crippen LogP contribution is -2.34. The fourth-order valence-electron chi connectivity index (χ4n) is 1.78. The smallest absolute Gasteiger partial charge is 0.234 e. The number of nitrogens with one attached hydrogen (secondary N) is 1. The molecule has 0 aliphatic carbocycles. The first-order valence-electron chi connectivity index (χ1n) is 6.49. The highest BCUT2D eigenvalue weighted by atomic mass is 19.1. The van der Waals surface area contributed by atoms with Crippen LogP contribution in [0.2, 0.25) is 0 Å². The second-order valence-corrected chi connectivity index (χ2v) is 4.45. The van der Waals surface area contributed by atoms with Crippen molar-refractivity contribution < 1.29 is 9.18 Å². The van der Waals surface area contributed by atoms with Crippen LogP contribution in [0.3, 0.4) is 0 Å². The number of hydrogen-bond donors (Lipinski definition) is 2. The van der Waals surface area contributed by atoms with Crippen molar-refractivity contribution in [2.75, 3.05) is 26.7 Å². The van der Waals surface area contributed by atoms with Crippen molar-refractivity contribution in [3.63, 3.8) is 0 Å². The van der Waals surface area contributed by atoms with Crippen LogP contribution in [0.15, 0.2) is 18.2 Å². The van der Waals surface area contributed by atoms with Crippen molar-refractivity contribution in [2.45, 2.75) is 13.5 Å². The average molecular weight is 277 g/mol. The molecule has 4 nitrogen and oxygen atoms in total. The van der Waals surface area contributed by atoms with Crippen molar-refractivity contribution >= 4 is 5.91 Å². The second kappa shape index (κ2) is 8.31. The molecule has 0 radical (unpaired) electrons. The minimum absolute atomic E-state index is 0.0275. The van der Waals surface area contributed by atoms with E-state index in [0.717, 1.165) is 5.56 Å². The number of halogens is 1. The molecule has 0 saturated carbocycles. The van der Waals surface area contributed by atoms with Crippen molar-refractivity contribution in [1.82, 2.24) is 10.2 Å². The van der Waals surface area contributed by atoms with Gasteiger partial charge in [0, 0.05) is 13.1 Å². The zero-order valence-corrected chi connectivity index (χ0v) is 11.9. The zero-order valence-electron chi connectivity index (χ0n) is 11.9. The third-order valence-corrected chi connectivity index (χ3v) is 2.60. The number of benzene rings is 1. The number of likely N-dealkylation sites (N-methyl/N-ethyl adjacent to an activating group) is 2. The number of nitrogens with zero attached hydrogens (tertiary/aromatic N) is 1. The lowest BCUT2D eigenvalue weighted by Gasteiger charge is -2.16. The molecular weight excluding hydrogens is 257 g/mol. The summed E-state index contributed by atoms with van der Waals surface area (Å²) in [6.45, 7) is 3.53. The van der Waals surface area contributed by atoms with E-state index in [0.29, 0.717) is 25.2 Å². The summed E-state index contributed by atoms with van der Waals surface area (Å²) in [6.07, 6.45) is 0. The van der Waals surface area contributed by atoms with E-state index in [4.69, 9.17) is 5.73 Å². The molecule has 0 aliphatic rings. The maximum absolute atomic E-state index is 13.5. The van der Waals surface area contributed by atoms with Gasteiger partial charge < -0.3 is 11.1 Å². The number of nitrogens with two attached hydrogens (primary N) is 1. The molecular formula is C15H20FN3O. The third kappa shape index (κ3) is 5.39. The Morgan fingerprint density at radius 3 is 2.90 bits per heavy atom. The average Bonchev–Trinajstić information content (AvgIpc) is 2.39. The van der Waals surface area contributed by atoms with Gasteiger partial charge >= 0.3 is 0 Å². The lowest BCUT2D eigenvalue weighted by atomic mass is 10.1. The molecule has 20 heavy (non-hydrogen) atoms. The van der Waals surface area contributed by atoms with Crippen LogP contribution in [-0.2, 0) is 11.3 Å². The van der Waals surface area contributed by atoms with Gasteiger partial charge in [-0.15, -0.1) is 0 Å². The first kappa shape index (κ1) is 16.2. The Balaban J connectivity index is 2.70. The minimum atomic E-state index is -0.360. The fourth-order valence-corrected chi connectivity index (χ4v) is 1.78. The van der Waals surface area contributed by atoms with Gasteiger partial charge in [0.05, 0.1) is 18.7 Å². The molecule has 0 unspecified atom stereocenters. The van der Waals surface area contributed by atoms with E-state index in [9.17, 15) is 9.18 Å². The van der Waals surface area contributed by atoms with Crippen LogP contribution in [0.25, 0.3) is 0 Å². The molecule has 3 N–H and O–H groups in total. The van der Waals surface area contributed by atoms with Crippen LogP contribution in [-0.4, -0.2) is 37.5 Å². The molecule has 0 bridgehead atoms. The Morgan fingerprint density at radius 2 is 2.25 bits per heavy atom. The standard InChI is InChI=1S/C15H20FN3O/c1-3-18-15(20)11-19(2)10-12-6-7-14(16)13(9-12)5-4-8-17/h6-7,9H,3,8,10-11,17H2,1-2H3,(H,18,20). The molecule has 108 valence electrons. The van der Waals surface area contributed by atoms with Crippen molar-refractivity contribution in [1.29, 1.82) is 0 Å². The molecule has 1 rings (SSSR count). The summed E-state index contributed by atoms with van der Waals surface area (Å²) in [7, 11) is 1.84. The zero-order chi connectivity index (χ0) is 15.0. The molecule has 0 spiro atoms. The molecule has 0 aliphatic heterocycles. The molecule has 5 heteroatoms. The molecule has 1 amide bonds. The van der Waals surface area contributed by atoms with Gasteiger partial charge in [0.15, 0.2) is 0 Å². The summed E-state index contributed by atoms with van der Waals surface area (Å²) < 4.78 is 13.5. The number of hydrogen-bond acceptors (Lipinski definition) is 3. The van der Waals surface area contributed by atoms with Gasteiger partial charge in [-0.3, -0.25) is 9.69 Å². The minimum Gasteiger partial charge on any atom is -0.355 e. The molecule has 0 fully saturated rings. The third-order valence-electron chi connectivity index (χ3n) is 2.60. The Hall–Kier alpha value is -1.90. The predicted octanol–water partition coefficient (Wildman–Crippen LogP) is 0.704. The van der Waals surface area contributed by atoms with Crippen LogP contribution in [0, 0.1) is 17.7 Å². The highest BCUT2D eigenvalue weighted by molar-refractivity contribution is 5.77. The van der Waals surface area contributed by atoms with Crippen molar-refractivity contribution in [2.24, 2.45) is 5.73 Å². The van der Waals surface area contributed by atoms with Gasteiger partial charge in [-0.25, -0.2) is 4.39 Å². The normalized spacial score (nSPS) is 10.1. The lowest BCUT2D eigenvalue weighted by molar-refractivity contribution is -0.121. The van der Waals surface area contributed by atoms with E-state index in [2.05, 4.69) is 17.2 Å². The van der Waals surface area contributed by atoms with Gasteiger partial charge in [-0.05, 0) is 31.7 Å². The molecule has 1 aromatic carbocycles. The highest BCUT2D eigenvalue weighted by Crippen LogP contribution is 2.11. The summed E-state index contributed by atoms with van der Waals surface area (Å²) in [5.41, 5.74) is 6.51. The number of amides is 1. The van der Waals surface area contributed by atoms with E-state index >= 15 is 0 Å². The molecule has 0 heterocycles. The largest absolute Gasteiger partial charge is 0.355 e. The van der Waals surface area contributed by atoms with Gasteiger partial charge in [-0.2, -0.15) is 0 Å². The van der Waals surface area contributed by atoms with Crippen LogP contribution in [0.1, 0.15) is 18.1 Å². The molecule has 0 atom stereocenters. The van der Waals surface area contributed by atoms with Gasteiger partial charge in [0.25, 0.3) is 0 Å². The van der Waals surface area contributed by atoms with Crippen LogP contribution in [0.5, 0.6) is 0 Å². The van der Waals surface area contributed by atoms with E-state index in [1.807, 2.05) is 18.9 Å². The highest BCUT2D eigenvalue weighted by Gasteiger charge is 2.07. The van der Waals surface area contributed by atoms with Crippen LogP contribution >= 0.6 is 0 Å². The fraction of sp³-hybridized carbons (Fsp3) is 0.400. The number of rotatable bonds is 5. The Bertz CT molecular complexity index is 520.